The molecule has 2 heterocycles. The lowest BCUT2D eigenvalue weighted by Crippen LogP contribution is -2.12. The summed E-state index contributed by atoms with van der Waals surface area (Å²) in [6, 6.07) is 15.8. The molecule has 0 saturated carbocycles. The number of benzene rings is 1. The Morgan fingerprint density at radius 3 is 2.78 bits per heavy atom. The predicted octanol–water partition coefficient (Wildman–Crippen LogP) is 4.06. The van der Waals surface area contributed by atoms with Crippen molar-refractivity contribution in [3.63, 3.8) is 0 Å². The van der Waals surface area contributed by atoms with Crippen molar-refractivity contribution in [1.29, 1.82) is 0 Å². The highest BCUT2D eigenvalue weighted by Crippen LogP contribution is 2.25. The van der Waals surface area contributed by atoms with Gasteiger partial charge in [-0.3, -0.25) is 4.98 Å². The fourth-order valence-electron chi connectivity index (χ4n) is 2.24. The van der Waals surface area contributed by atoms with Crippen LogP contribution in [0.15, 0.2) is 65.3 Å². The first-order valence-corrected chi connectivity index (χ1v) is 7.18. The molecule has 3 rings (SSSR count). The highest BCUT2D eigenvalue weighted by molar-refractivity contribution is 5.85. The van der Waals surface area contributed by atoms with Crippen molar-refractivity contribution in [2.24, 2.45) is 0 Å². The minimum atomic E-state index is 0. The van der Waals surface area contributed by atoms with Crippen LogP contribution >= 0.6 is 12.4 Å². The van der Waals surface area contributed by atoms with E-state index in [0.717, 1.165) is 34.9 Å². The van der Waals surface area contributed by atoms with Crippen LogP contribution in [-0.2, 0) is 13.1 Å². The summed E-state index contributed by atoms with van der Waals surface area (Å²) in [7, 11) is 1.66. The van der Waals surface area contributed by atoms with Crippen LogP contribution in [0, 0.1) is 0 Å². The number of rotatable bonds is 6. The molecule has 5 heteroatoms. The van der Waals surface area contributed by atoms with Crippen LogP contribution in [0.25, 0.3) is 11.3 Å². The van der Waals surface area contributed by atoms with E-state index in [1.807, 2.05) is 54.7 Å². The Morgan fingerprint density at radius 2 is 2.00 bits per heavy atom. The second-order valence-electron chi connectivity index (χ2n) is 4.96. The molecule has 0 aliphatic rings. The average molecular weight is 331 g/mol. The molecule has 0 bridgehead atoms. The van der Waals surface area contributed by atoms with Gasteiger partial charge in [0.2, 0.25) is 0 Å². The summed E-state index contributed by atoms with van der Waals surface area (Å²) in [5.41, 5.74) is 2.17. The molecule has 0 saturated heterocycles. The normalized spacial score (nSPS) is 10.1. The highest BCUT2D eigenvalue weighted by Gasteiger charge is 2.05. The highest BCUT2D eigenvalue weighted by atomic mass is 35.5. The Morgan fingerprint density at radius 1 is 1.09 bits per heavy atom. The molecule has 0 amide bonds. The summed E-state index contributed by atoms with van der Waals surface area (Å²) in [4.78, 5) is 4.10. The summed E-state index contributed by atoms with van der Waals surface area (Å²) in [5, 5.41) is 3.35. The molecule has 120 valence electrons. The molecule has 1 aromatic carbocycles. The van der Waals surface area contributed by atoms with E-state index >= 15 is 0 Å². The molecule has 0 radical (unpaired) electrons. The van der Waals surface area contributed by atoms with Gasteiger partial charge >= 0.3 is 0 Å². The van der Waals surface area contributed by atoms with Gasteiger partial charge in [0, 0.05) is 24.5 Å². The summed E-state index contributed by atoms with van der Waals surface area (Å²) in [6.45, 7) is 1.45. The number of methoxy groups -OCH3 is 1. The molecule has 1 N–H and O–H groups in total. The van der Waals surface area contributed by atoms with E-state index in [4.69, 9.17) is 9.15 Å². The van der Waals surface area contributed by atoms with Crippen LogP contribution in [-0.4, -0.2) is 12.1 Å². The molecule has 0 fully saturated rings. The number of ether oxygens (including phenoxy) is 1. The first-order chi connectivity index (χ1) is 10.8. The van der Waals surface area contributed by atoms with Crippen molar-refractivity contribution in [2.45, 2.75) is 13.1 Å². The smallest absolute Gasteiger partial charge is 0.134 e. The molecule has 0 atom stereocenters. The van der Waals surface area contributed by atoms with Crippen LogP contribution in [0.5, 0.6) is 5.75 Å². The third kappa shape index (κ3) is 4.58. The first-order valence-electron chi connectivity index (χ1n) is 7.18. The van der Waals surface area contributed by atoms with Gasteiger partial charge in [0.05, 0.1) is 13.7 Å². The van der Waals surface area contributed by atoms with Crippen molar-refractivity contribution in [2.75, 3.05) is 7.11 Å². The Kier molecular flexibility index (Phi) is 6.20. The van der Waals surface area contributed by atoms with E-state index < -0.39 is 0 Å². The molecule has 2 aromatic heterocycles. The van der Waals surface area contributed by atoms with E-state index in [2.05, 4.69) is 10.3 Å². The topological polar surface area (TPSA) is 47.3 Å². The molecule has 3 aromatic rings. The predicted molar refractivity (Wildman–Crippen MR) is 92.7 cm³/mol. The zero-order chi connectivity index (χ0) is 15.2. The number of halogens is 1. The maximum Gasteiger partial charge on any atom is 0.134 e. The lowest BCUT2D eigenvalue weighted by atomic mass is 10.2. The monoisotopic (exact) mass is 330 g/mol. The zero-order valence-corrected chi connectivity index (χ0v) is 13.7. The van der Waals surface area contributed by atoms with Crippen molar-refractivity contribution >= 4 is 12.4 Å². The zero-order valence-electron chi connectivity index (χ0n) is 12.9. The van der Waals surface area contributed by atoms with Gasteiger partial charge < -0.3 is 14.5 Å². The van der Waals surface area contributed by atoms with Crippen LogP contribution in [0.1, 0.15) is 11.3 Å². The Labute approximate surface area is 141 Å². The molecular formula is C18H19ClN2O2. The van der Waals surface area contributed by atoms with Gasteiger partial charge in [0.15, 0.2) is 0 Å². The second-order valence-corrected chi connectivity index (χ2v) is 4.96. The summed E-state index contributed by atoms with van der Waals surface area (Å²) in [5.74, 6) is 2.57. The number of hydrogen-bond donors (Lipinski definition) is 1. The second kappa shape index (κ2) is 8.36. The SMILES string of the molecule is COc1cccc(-c2ccc(CNCc3cccnc3)o2)c1.Cl. The molecule has 0 aliphatic heterocycles. The molecule has 0 spiro atoms. The summed E-state index contributed by atoms with van der Waals surface area (Å²) < 4.78 is 11.1. The quantitative estimate of drug-likeness (QED) is 0.740. The number of aromatic nitrogens is 1. The van der Waals surface area contributed by atoms with E-state index in [9.17, 15) is 0 Å². The fraction of sp³-hybridized carbons (Fsp3) is 0.167. The van der Waals surface area contributed by atoms with Gasteiger partial charge in [-0.05, 0) is 35.9 Å². The summed E-state index contributed by atoms with van der Waals surface area (Å²) in [6.07, 6.45) is 3.63. The molecule has 23 heavy (non-hydrogen) atoms. The molecular weight excluding hydrogens is 312 g/mol. The van der Waals surface area contributed by atoms with Crippen LogP contribution in [0.2, 0.25) is 0 Å². The van der Waals surface area contributed by atoms with E-state index in [1.165, 1.54) is 0 Å². The summed E-state index contributed by atoms with van der Waals surface area (Å²) >= 11 is 0. The van der Waals surface area contributed by atoms with E-state index in [-0.39, 0.29) is 12.4 Å². The van der Waals surface area contributed by atoms with Crippen LogP contribution in [0.4, 0.5) is 0 Å². The van der Waals surface area contributed by atoms with Gasteiger partial charge in [-0.2, -0.15) is 0 Å². The largest absolute Gasteiger partial charge is 0.497 e. The number of nitrogens with one attached hydrogen (secondary N) is 1. The van der Waals surface area contributed by atoms with Crippen molar-refractivity contribution < 1.29 is 9.15 Å². The minimum Gasteiger partial charge on any atom is -0.497 e. The minimum absolute atomic E-state index is 0. The third-order valence-corrected chi connectivity index (χ3v) is 3.37. The van der Waals surface area contributed by atoms with Crippen LogP contribution < -0.4 is 10.1 Å². The van der Waals surface area contributed by atoms with Gasteiger partial charge in [0.25, 0.3) is 0 Å². The van der Waals surface area contributed by atoms with Crippen molar-refractivity contribution in [3.8, 4) is 17.1 Å². The number of pyridine rings is 1. The Hall–Kier alpha value is -2.30. The maximum atomic E-state index is 5.87. The number of hydrogen-bond acceptors (Lipinski definition) is 4. The fourth-order valence-corrected chi connectivity index (χ4v) is 2.24. The number of nitrogens with zero attached hydrogens (tertiary/aromatic N) is 1. The first kappa shape index (κ1) is 17.1. The van der Waals surface area contributed by atoms with Crippen molar-refractivity contribution in [1.82, 2.24) is 10.3 Å². The lowest BCUT2D eigenvalue weighted by Gasteiger charge is -2.03. The van der Waals surface area contributed by atoms with E-state index in [0.29, 0.717) is 6.54 Å². The van der Waals surface area contributed by atoms with Crippen LogP contribution in [0.3, 0.4) is 0 Å². The Bertz CT molecular complexity index is 729. The van der Waals surface area contributed by atoms with Crippen molar-refractivity contribution in [3.05, 3.63) is 72.2 Å². The lowest BCUT2D eigenvalue weighted by molar-refractivity contribution is 0.414. The van der Waals surface area contributed by atoms with Gasteiger partial charge in [0.1, 0.15) is 17.3 Å². The molecule has 0 aliphatic carbocycles. The molecule has 0 unspecified atom stereocenters. The van der Waals surface area contributed by atoms with Gasteiger partial charge in [-0.15, -0.1) is 12.4 Å². The average Bonchev–Trinajstić information content (AvgIpc) is 3.05. The van der Waals surface area contributed by atoms with Gasteiger partial charge in [-0.25, -0.2) is 0 Å². The Balaban J connectivity index is 0.00000192. The maximum absolute atomic E-state index is 5.87. The standard InChI is InChI=1S/C18H18N2O2.ClH/c1-21-16-6-2-5-15(10-16)18-8-7-17(22-18)13-20-12-14-4-3-9-19-11-14;/h2-11,20H,12-13H2,1H3;1H. The van der Waals surface area contributed by atoms with Gasteiger partial charge in [-0.1, -0.05) is 18.2 Å². The van der Waals surface area contributed by atoms with E-state index in [1.54, 1.807) is 13.3 Å². The molecule has 4 nitrogen and oxygen atoms in total. The number of furan rings is 1. The third-order valence-electron chi connectivity index (χ3n) is 3.37.